The van der Waals surface area contributed by atoms with Gasteiger partial charge in [-0.15, -0.1) is 11.3 Å². The summed E-state index contributed by atoms with van der Waals surface area (Å²) in [7, 11) is 3.88. The van der Waals surface area contributed by atoms with Gasteiger partial charge in [-0.1, -0.05) is 30.3 Å². The average molecular weight is 395 g/mol. The first-order valence-electron chi connectivity index (χ1n) is 8.71. The van der Waals surface area contributed by atoms with Crippen LogP contribution < -0.4 is 10.2 Å². The third-order valence-electron chi connectivity index (χ3n) is 3.97. The normalized spacial score (nSPS) is 10.4. The van der Waals surface area contributed by atoms with Gasteiger partial charge in [-0.25, -0.2) is 9.78 Å². The molecule has 0 saturated heterocycles. The van der Waals surface area contributed by atoms with Gasteiger partial charge in [-0.3, -0.25) is 4.79 Å². The van der Waals surface area contributed by atoms with Crippen LogP contribution in [0.5, 0.6) is 0 Å². The monoisotopic (exact) mass is 395 g/mol. The number of amides is 1. The number of hydrogen-bond donors (Lipinski definition) is 1. The molecule has 0 aliphatic carbocycles. The fourth-order valence-electron chi connectivity index (χ4n) is 2.59. The number of ether oxygens (including phenoxy) is 1. The van der Waals surface area contributed by atoms with Gasteiger partial charge >= 0.3 is 5.97 Å². The lowest BCUT2D eigenvalue weighted by molar-refractivity contribution is -0.119. The Hall–Kier alpha value is -3.19. The number of carbonyl (C=O) groups excluding carboxylic acids is 2. The van der Waals surface area contributed by atoms with E-state index < -0.39 is 11.9 Å². The topological polar surface area (TPSA) is 71.5 Å². The van der Waals surface area contributed by atoms with Gasteiger partial charge in [0.05, 0.1) is 10.7 Å². The summed E-state index contributed by atoms with van der Waals surface area (Å²) in [4.78, 5) is 31.4. The molecule has 144 valence electrons. The molecular weight excluding hydrogens is 374 g/mol. The molecule has 3 aromatic rings. The van der Waals surface area contributed by atoms with E-state index in [9.17, 15) is 9.59 Å². The first-order valence-corrected chi connectivity index (χ1v) is 9.53. The Balaban J connectivity index is 1.62. The molecule has 6 nitrogen and oxygen atoms in total. The number of rotatable bonds is 6. The number of thiazole rings is 1. The van der Waals surface area contributed by atoms with Gasteiger partial charge in [-0.05, 0) is 31.2 Å². The summed E-state index contributed by atoms with van der Waals surface area (Å²) >= 11 is 1.26. The number of nitrogens with one attached hydrogen (secondary N) is 1. The molecule has 1 N–H and O–H groups in total. The van der Waals surface area contributed by atoms with E-state index in [1.165, 1.54) is 11.3 Å². The number of carbonyl (C=O) groups is 2. The van der Waals surface area contributed by atoms with Crippen molar-refractivity contribution in [2.45, 2.75) is 6.92 Å². The molecule has 1 amide bonds. The van der Waals surface area contributed by atoms with Crippen LogP contribution in [0.25, 0.3) is 11.3 Å². The molecule has 0 radical (unpaired) electrons. The highest BCUT2D eigenvalue weighted by Crippen LogP contribution is 2.28. The Labute approximate surface area is 167 Å². The van der Waals surface area contributed by atoms with Crippen molar-refractivity contribution in [1.82, 2.24) is 4.98 Å². The molecule has 0 fully saturated rings. The Morgan fingerprint density at radius 3 is 2.39 bits per heavy atom. The maximum absolute atomic E-state index is 12.5. The second-order valence-corrected chi connectivity index (χ2v) is 7.55. The van der Waals surface area contributed by atoms with Crippen molar-refractivity contribution in [3.63, 3.8) is 0 Å². The lowest BCUT2D eigenvalue weighted by atomic mass is 10.1. The number of esters is 1. The maximum Gasteiger partial charge on any atom is 0.351 e. The quantitative estimate of drug-likeness (QED) is 0.639. The molecule has 0 atom stereocenters. The fourth-order valence-corrected chi connectivity index (χ4v) is 3.43. The summed E-state index contributed by atoms with van der Waals surface area (Å²) in [5.41, 5.74) is 3.08. The minimum Gasteiger partial charge on any atom is -0.451 e. The molecule has 0 aliphatic heterocycles. The van der Waals surface area contributed by atoms with Crippen molar-refractivity contribution in [1.29, 1.82) is 0 Å². The smallest absolute Gasteiger partial charge is 0.351 e. The van der Waals surface area contributed by atoms with Crippen LogP contribution in [0.15, 0.2) is 54.6 Å². The van der Waals surface area contributed by atoms with Crippen LogP contribution in [0.1, 0.15) is 14.7 Å². The van der Waals surface area contributed by atoms with Gasteiger partial charge < -0.3 is 15.0 Å². The van der Waals surface area contributed by atoms with Crippen molar-refractivity contribution in [2.24, 2.45) is 0 Å². The summed E-state index contributed by atoms with van der Waals surface area (Å²) in [6, 6.07) is 16.8. The zero-order chi connectivity index (χ0) is 20.1. The van der Waals surface area contributed by atoms with Crippen LogP contribution in [0.3, 0.4) is 0 Å². The number of aryl methyl sites for hydroxylation is 1. The third-order valence-corrected chi connectivity index (χ3v) is 4.92. The Kier molecular flexibility index (Phi) is 6.06. The van der Waals surface area contributed by atoms with Crippen LogP contribution in [0.4, 0.5) is 11.4 Å². The highest BCUT2D eigenvalue weighted by molar-refractivity contribution is 7.14. The van der Waals surface area contributed by atoms with Crippen molar-refractivity contribution in [3.8, 4) is 11.3 Å². The minimum absolute atomic E-state index is 0.362. The largest absolute Gasteiger partial charge is 0.451 e. The lowest BCUT2D eigenvalue weighted by Gasteiger charge is -2.13. The Morgan fingerprint density at radius 1 is 1.07 bits per heavy atom. The van der Waals surface area contributed by atoms with Crippen LogP contribution in [0, 0.1) is 6.92 Å². The summed E-state index contributed by atoms with van der Waals surface area (Å²) in [6.45, 7) is 1.47. The van der Waals surface area contributed by atoms with Gasteiger partial charge in [0.25, 0.3) is 5.91 Å². The van der Waals surface area contributed by atoms with E-state index in [0.717, 1.165) is 16.3 Å². The Bertz CT molecular complexity index is 966. The molecule has 1 heterocycles. The number of anilines is 2. The van der Waals surface area contributed by atoms with E-state index in [2.05, 4.69) is 10.3 Å². The van der Waals surface area contributed by atoms with E-state index >= 15 is 0 Å². The summed E-state index contributed by atoms with van der Waals surface area (Å²) < 4.78 is 5.21. The fraction of sp³-hybridized carbons (Fsp3) is 0.190. The third kappa shape index (κ3) is 4.75. The number of benzene rings is 2. The van der Waals surface area contributed by atoms with E-state index in [1.54, 1.807) is 12.1 Å². The van der Waals surface area contributed by atoms with Gasteiger partial charge in [0.1, 0.15) is 4.88 Å². The molecule has 28 heavy (non-hydrogen) atoms. The second-order valence-electron chi connectivity index (χ2n) is 6.34. The average Bonchev–Trinajstić information content (AvgIpc) is 3.09. The minimum atomic E-state index is -0.553. The van der Waals surface area contributed by atoms with Crippen LogP contribution in [-0.4, -0.2) is 37.6 Å². The predicted octanol–water partition coefficient (Wildman–Crippen LogP) is 3.98. The highest BCUT2D eigenvalue weighted by atomic mass is 32.1. The standard InChI is InChI=1S/C21H21N3O3S/c1-14-22-19(15-7-5-4-6-8-15)20(28-14)21(26)27-13-18(25)23-16-9-11-17(12-10-16)24(2)3/h4-12H,13H2,1-3H3,(H,23,25). The molecular formula is C21H21N3O3S. The predicted molar refractivity (Wildman–Crippen MR) is 112 cm³/mol. The van der Waals surface area contributed by atoms with E-state index in [4.69, 9.17) is 4.74 Å². The zero-order valence-electron chi connectivity index (χ0n) is 15.9. The van der Waals surface area contributed by atoms with Gasteiger partial charge in [0.15, 0.2) is 6.61 Å². The summed E-state index contributed by atoms with van der Waals surface area (Å²) in [6.07, 6.45) is 0. The van der Waals surface area contributed by atoms with Crippen LogP contribution >= 0.6 is 11.3 Å². The molecule has 7 heteroatoms. The van der Waals surface area contributed by atoms with Gasteiger partial charge in [0, 0.05) is 31.0 Å². The molecule has 0 spiro atoms. The van der Waals surface area contributed by atoms with Crippen molar-refractivity contribution < 1.29 is 14.3 Å². The lowest BCUT2D eigenvalue weighted by Crippen LogP contribution is -2.21. The van der Waals surface area contributed by atoms with Gasteiger partial charge in [-0.2, -0.15) is 0 Å². The van der Waals surface area contributed by atoms with E-state index in [0.29, 0.717) is 16.3 Å². The first-order chi connectivity index (χ1) is 13.4. The SMILES string of the molecule is Cc1nc(-c2ccccc2)c(C(=O)OCC(=O)Nc2ccc(N(C)C)cc2)s1. The van der Waals surface area contributed by atoms with Crippen LogP contribution in [0.2, 0.25) is 0 Å². The van der Waals surface area contributed by atoms with Crippen molar-refractivity contribution in [2.75, 3.05) is 30.9 Å². The van der Waals surface area contributed by atoms with Crippen molar-refractivity contribution >= 4 is 34.6 Å². The maximum atomic E-state index is 12.5. The zero-order valence-corrected chi connectivity index (χ0v) is 16.7. The van der Waals surface area contributed by atoms with Crippen molar-refractivity contribution in [3.05, 3.63) is 64.5 Å². The molecule has 0 saturated carbocycles. The van der Waals surface area contributed by atoms with E-state index in [1.807, 2.05) is 68.4 Å². The van der Waals surface area contributed by atoms with Crippen LogP contribution in [-0.2, 0) is 9.53 Å². The molecule has 2 aromatic carbocycles. The molecule has 0 unspecified atom stereocenters. The molecule has 3 rings (SSSR count). The van der Waals surface area contributed by atoms with Gasteiger partial charge in [0.2, 0.25) is 0 Å². The molecule has 0 bridgehead atoms. The summed E-state index contributed by atoms with van der Waals surface area (Å²) in [5.74, 6) is -0.948. The molecule has 0 aliphatic rings. The number of hydrogen-bond acceptors (Lipinski definition) is 6. The number of nitrogens with zero attached hydrogens (tertiary/aromatic N) is 2. The van der Waals surface area contributed by atoms with E-state index in [-0.39, 0.29) is 6.61 Å². The number of aromatic nitrogens is 1. The first kappa shape index (κ1) is 19.6. The highest BCUT2D eigenvalue weighted by Gasteiger charge is 2.20. The Morgan fingerprint density at radius 2 is 1.75 bits per heavy atom. The summed E-state index contributed by atoms with van der Waals surface area (Å²) in [5, 5.41) is 3.48. The molecule has 1 aromatic heterocycles. The second kappa shape index (κ2) is 8.67.